The molecule has 36 heavy (non-hydrogen) atoms. The Kier molecular flexibility index (Phi) is 7.40. The molecule has 192 valence electrons. The highest BCUT2D eigenvalue weighted by Crippen LogP contribution is 2.39. The van der Waals surface area contributed by atoms with Crippen molar-refractivity contribution in [1.82, 2.24) is 5.32 Å². The van der Waals surface area contributed by atoms with Crippen molar-refractivity contribution in [3.8, 4) is 11.1 Å². The molecule has 0 spiro atoms. The van der Waals surface area contributed by atoms with Crippen molar-refractivity contribution in [2.45, 2.75) is 37.7 Å². The Hall–Kier alpha value is -2.95. The molecule has 1 saturated heterocycles. The van der Waals surface area contributed by atoms with Crippen LogP contribution in [0.25, 0.3) is 11.1 Å². The summed E-state index contributed by atoms with van der Waals surface area (Å²) < 4.78 is 105. The van der Waals surface area contributed by atoms with Gasteiger partial charge in [-0.3, -0.25) is 0 Å². The normalized spacial score (nSPS) is 19.8. The molecule has 1 N–H and O–H groups in total. The summed E-state index contributed by atoms with van der Waals surface area (Å²) in [5.41, 5.74) is -0.800. The van der Waals surface area contributed by atoms with Crippen LogP contribution >= 0.6 is 0 Å². The highest BCUT2D eigenvalue weighted by Gasteiger charge is 2.38. The average molecular weight is 513 g/mol. The Morgan fingerprint density at radius 2 is 1.50 bits per heavy atom. The minimum Gasteiger partial charge on any atom is -0.349 e. The Morgan fingerprint density at radius 1 is 0.861 bits per heavy atom. The number of hydrogen-bond acceptors (Lipinski definition) is 3. The first-order valence-electron chi connectivity index (χ1n) is 11.1. The van der Waals surface area contributed by atoms with Crippen LogP contribution in [-0.4, -0.2) is 19.4 Å². The van der Waals surface area contributed by atoms with Crippen molar-refractivity contribution in [3.63, 3.8) is 0 Å². The summed E-state index contributed by atoms with van der Waals surface area (Å²) in [5.74, 6) is -0.372. The van der Waals surface area contributed by atoms with Crippen LogP contribution in [0.1, 0.15) is 41.3 Å². The SMILES string of the molecule is C[C@@H](O[C@H]1OCCN[C@H]1c1cccc(-c2ccc(F)cc2)c1)c1cc(C(F)(F)F)cc(C(F)(F)F)c1. The number of rotatable bonds is 5. The van der Waals surface area contributed by atoms with Crippen molar-refractivity contribution >= 4 is 0 Å². The fourth-order valence-electron chi connectivity index (χ4n) is 4.02. The predicted octanol–water partition coefficient (Wildman–Crippen LogP) is 7.30. The van der Waals surface area contributed by atoms with Gasteiger partial charge < -0.3 is 14.8 Å². The molecule has 0 unspecified atom stereocenters. The van der Waals surface area contributed by atoms with E-state index in [0.717, 1.165) is 16.7 Å². The molecule has 3 aromatic carbocycles. The van der Waals surface area contributed by atoms with E-state index in [1.54, 1.807) is 24.3 Å². The van der Waals surface area contributed by atoms with Gasteiger partial charge >= 0.3 is 12.4 Å². The zero-order valence-electron chi connectivity index (χ0n) is 19.0. The first-order chi connectivity index (χ1) is 16.9. The molecular formula is C26H22F7NO2. The smallest absolute Gasteiger partial charge is 0.349 e. The molecule has 1 aliphatic heterocycles. The number of alkyl halides is 6. The van der Waals surface area contributed by atoms with Crippen LogP contribution in [0, 0.1) is 5.82 Å². The number of nitrogens with one attached hydrogen (secondary N) is 1. The molecule has 0 amide bonds. The van der Waals surface area contributed by atoms with Gasteiger partial charge in [-0.15, -0.1) is 0 Å². The Labute approximate surface area is 202 Å². The fourth-order valence-corrected chi connectivity index (χ4v) is 4.02. The third-order valence-corrected chi connectivity index (χ3v) is 5.86. The molecule has 1 fully saturated rings. The maximum Gasteiger partial charge on any atom is 0.416 e. The third kappa shape index (κ3) is 6.05. The van der Waals surface area contributed by atoms with E-state index in [1.165, 1.54) is 19.1 Å². The molecule has 0 aromatic heterocycles. The summed E-state index contributed by atoms with van der Waals surface area (Å²) in [6, 6.07) is 14.0. The summed E-state index contributed by atoms with van der Waals surface area (Å²) in [5, 5.41) is 3.23. The lowest BCUT2D eigenvalue weighted by atomic mass is 9.98. The first-order valence-corrected chi connectivity index (χ1v) is 11.1. The predicted molar refractivity (Wildman–Crippen MR) is 118 cm³/mol. The zero-order chi connectivity index (χ0) is 26.1. The maximum absolute atomic E-state index is 13.3. The average Bonchev–Trinajstić information content (AvgIpc) is 2.83. The molecule has 3 nitrogen and oxygen atoms in total. The van der Waals surface area contributed by atoms with Gasteiger partial charge in [0.15, 0.2) is 6.29 Å². The van der Waals surface area contributed by atoms with Crippen molar-refractivity contribution in [1.29, 1.82) is 0 Å². The van der Waals surface area contributed by atoms with Gasteiger partial charge in [0.05, 0.1) is 29.9 Å². The molecule has 1 aliphatic rings. The van der Waals surface area contributed by atoms with Crippen LogP contribution in [0.4, 0.5) is 30.7 Å². The third-order valence-electron chi connectivity index (χ3n) is 5.86. The summed E-state index contributed by atoms with van der Waals surface area (Å²) in [6.07, 6.45) is -12.0. The van der Waals surface area contributed by atoms with E-state index < -0.39 is 41.9 Å². The standard InChI is InChI=1S/C26H22F7NO2/c1-15(19-12-20(25(28,29)30)14-21(13-19)26(31,32)33)36-24-23(34-9-10-35-24)18-4-2-3-17(11-18)16-5-7-22(27)8-6-16/h2-8,11-15,23-24,34H,9-10H2,1H3/t15-,23+,24-/m1/s1. The van der Waals surface area contributed by atoms with Crippen molar-refractivity contribution < 1.29 is 40.2 Å². The lowest BCUT2D eigenvalue weighted by Gasteiger charge is -2.35. The van der Waals surface area contributed by atoms with Gasteiger partial charge in [-0.2, -0.15) is 26.3 Å². The van der Waals surface area contributed by atoms with E-state index in [9.17, 15) is 30.7 Å². The van der Waals surface area contributed by atoms with Gasteiger partial charge in [0.2, 0.25) is 0 Å². The molecule has 3 aromatic rings. The van der Waals surface area contributed by atoms with Crippen LogP contribution in [0.3, 0.4) is 0 Å². The molecule has 0 aliphatic carbocycles. The number of halogens is 7. The Balaban J connectivity index is 1.61. The van der Waals surface area contributed by atoms with Crippen molar-refractivity contribution in [3.05, 3.63) is 94.8 Å². The van der Waals surface area contributed by atoms with E-state index in [0.29, 0.717) is 18.7 Å². The number of benzene rings is 3. The fraction of sp³-hybridized carbons (Fsp3) is 0.308. The summed E-state index contributed by atoms with van der Waals surface area (Å²) in [7, 11) is 0. The van der Waals surface area contributed by atoms with E-state index >= 15 is 0 Å². The van der Waals surface area contributed by atoms with E-state index in [4.69, 9.17) is 9.47 Å². The molecule has 1 heterocycles. The van der Waals surface area contributed by atoms with Crippen LogP contribution in [0.2, 0.25) is 0 Å². The largest absolute Gasteiger partial charge is 0.416 e. The molecule has 0 radical (unpaired) electrons. The topological polar surface area (TPSA) is 30.5 Å². The van der Waals surface area contributed by atoms with E-state index in [1.807, 2.05) is 12.1 Å². The van der Waals surface area contributed by atoms with Gasteiger partial charge in [-0.1, -0.05) is 30.3 Å². The lowest BCUT2D eigenvalue weighted by molar-refractivity contribution is -0.200. The van der Waals surface area contributed by atoms with E-state index in [2.05, 4.69) is 5.32 Å². The van der Waals surface area contributed by atoms with Gasteiger partial charge in [0.25, 0.3) is 0 Å². The number of hydrogen-bond donors (Lipinski definition) is 1. The second kappa shape index (κ2) is 10.2. The van der Waals surface area contributed by atoms with Crippen LogP contribution < -0.4 is 5.32 Å². The minimum atomic E-state index is -4.96. The maximum atomic E-state index is 13.3. The molecule has 3 atom stereocenters. The Morgan fingerprint density at radius 3 is 2.11 bits per heavy atom. The lowest BCUT2D eigenvalue weighted by Crippen LogP contribution is -2.43. The van der Waals surface area contributed by atoms with Crippen molar-refractivity contribution in [2.75, 3.05) is 13.2 Å². The van der Waals surface area contributed by atoms with Gasteiger partial charge in [0.1, 0.15) is 5.82 Å². The van der Waals surface area contributed by atoms with Gasteiger partial charge in [0, 0.05) is 6.54 Å². The first kappa shape index (κ1) is 26.1. The molecular weight excluding hydrogens is 491 g/mol. The van der Waals surface area contributed by atoms with Gasteiger partial charge in [-0.25, -0.2) is 4.39 Å². The summed E-state index contributed by atoms with van der Waals surface area (Å²) in [6.45, 7) is 2.07. The highest BCUT2D eigenvalue weighted by molar-refractivity contribution is 5.64. The summed E-state index contributed by atoms with van der Waals surface area (Å²) in [4.78, 5) is 0. The van der Waals surface area contributed by atoms with Crippen LogP contribution in [0.15, 0.2) is 66.7 Å². The van der Waals surface area contributed by atoms with Gasteiger partial charge in [-0.05, 0) is 65.6 Å². The van der Waals surface area contributed by atoms with Crippen molar-refractivity contribution in [2.24, 2.45) is 0 Å². The zero-order valence-corrected chi connectivity index (χ0v) is 19.0. The van der Waals surface area contributed by atoms with E-state index in [-0.39, 0.29) is 24.1 Å². The highest BCUT2D eigenvalue weighted by atomic mass is 19.4. The Bertz CT molecular complexity index is 1160. The molecule has 0 bridgehead atoms. The monoisotopic (exact) mass is 513 g/mol. The minimum absolute atomic E-state index is 0.0820. The quantitative estimate of drug-likeness (QED) is 0.364. The van der Waals surface area contributed by atoms with Crippen LogP contribution in [0.5, 0.6) is 0 Å². The molecule has 4 rings (SSSR count). The second-order valence-electron chi connectivity index (χ2n) is 8.42. The molecule has 0 saturated carbocycles. The summed E-state index contributed by atoms with van der Waals surface area (Å²) >= 11 is 0. The number of ether oxygens (including phenoxy) is 2. The molecule has 10 heteroatoms. The second-order valence-corrected chi connectivity index (χ2v) is 8.42. The number of morpholine rings is 1. The van der Waals surface area contributed by atoms with Crippen LogP contribution in [-0.2, 0) is 21.8 Å².